The van der Waals surface area contributed by atoms with Crippen LogP contribution in [-0.2, 0) is 0 Å². The maximum Gasteiger partial charge on any atom is 0.273 e. The van der Waals surface area contributed by atoms with Gasteiger partial charge in [0.2, 0.25) is 0 Å². The van der Waals surface area contributed by atoms with Crippen molar-refractivity contribution in [1.82, 2.24) is 10.2 Å². The molecule has 0 saturated heterocycles. The fraction of sp³-hybridized carbons (Fsp3) is 0.0588. The molecule has 0 fully saturated rings. The lowest BCUT2D eigenvalue weighted by molar-refractivity contribution is 0.102. The largest absolute Gasteiger partial charge is 0.320 e. The molecule has 0 aliphatic carbocycles. The molecule has 0 atom stereocenters. The number of H-pyrrole nitrogens is 1. The Morgan fingerprint density at radius 2 is 1.91 bits per heavy atom. The van der Waals surface area contributed by atoms with Crippen LogP contribution >= 0.6 is 23.2 Å². The molecule has 1 heterocycles. The van der Waals surface area contributed by atoms with Crippen LogP contribution in [0.3, 0.4) is 0 Å². The quantitative estimate of drug-likeness (QED) is 0.705. The van der Waals surface area contributed by atoms with E-state index in [0.717, 1.165) is 11.1 Å². The average molecular weight is 346 g/mol. The summed E-state index contributed by atoms with van der Waals surface area (Å²) >= 11 is 12.1. The minimum absolute atomic E-state index is 0.291. The van der Waals surface area contributed by atoms with E-state index < -0.39 is 0 Å². The second kappa shape index (κ2) is 6.44. The molecule has 23 heavy (non-hydrogen) atoms. The molecule has 3 rings (SSSR count). The number of anilines is 1. The third kappa shape index (κ3) is 3.38. The van der Waals surface area contributed by atoms with Crippen molar-refractivity contribution in [1.29, 1.82) is 0 Å². The summed E-state index contributed by atoms with van der Waals surface area (Å²) < 4.78 is 0. The van der Waals surface area contributed by atoms with E-state index in [1.165, 1.54) is 0 Å². The molecule has 0 bridgehead atoms. The average Bonchev–Trinajstić information content (AvgIpc) is 3.01. The molecule has 1 aromatic heterocycles. The number of rotatable bonds is 3. The number of aromatic amines is 1. The van der Waals surface area contributed by atoms with E-state index in [9.17, 15) is 4.79 Å². The van der Waals surface area contributed by atoms with Crippen LogP contribution in [0.1, 0.15) is 16.1 Å². The Morgan fingerprint density at radius 3 is 2.70 bits per heavy atom. The van der Waals surface area contributed by atoms with E-state index >= 15 is 0 Å². The zero-order chi connectivity index (χ0) is 16.4. The number of halogens is 2. The Balaban J connectivity index is 1.84. The van der Waals surface area contributed by atoms with Crippen molar-refractivity contribution in [3.05, 3.63) is 69.8 Å². The van der Waals surface area contributed by atoms with E-state index in [-0.39, 0.29) is 5.91 Å². The molecule has 0 radical (unpaired) electrons. The molecule has 2 N–H and O–H groups in total. The molecule has 0 unspecified atom stereocenters. The number of amides is 1. The lowest BCUT2D eigenvalue weighted by atomic mass is 10.1. The van der Waals surface area contributed by atoms with Gasteiger partial charge in [0.1, 0.15) is 5.69 Å². The van der Waals surface area contributed by atoms with Crippen molar-refractivity contribution in [3.63, 3.8) is 0 Å². The number of hydrogen-bond donors (Lipinski definition) is 2. The van der Waals surface area contributed by atoms with Crippen LogP contribution in [0, 0.1) is 6.92 Å². The molecule has 116 valence electrons. The summed E-state index contributed by atoms with van der Waals surface area (Å²) in [5.74, 6) is -0.291. The molecule has 1 amide bonds. The monoisotopic (exact) mass is 345 g/mol. The zero-order valence-corrected chi connectivity index (χ0v) is 13.7. The lowest BCUT2D eigenvalue weighted by Gasteiger charge is -2.07. The van der Waals surface area contributed by atoms with Crippen LogP contribution in [-0.4, -0.2) is 16.1 Å². The fourth-order valence-electron chi connectivity index (χ4n) is 2.16. The zero-order valence-electron chi connectivity index (χ0n) is 12.2. The van der Waals surface area contributed by atoms with Gasteiger partial charge in [-0.15, -0.1) is 0 Å². The Hall–Kier alpha value is -2.30. The number of aromatic nitrogens is 2. The van der Waals surface area contributed by atoms with Crippen LogP contribution in [0.5, 0.6) is 0 Å². The maximum absolute atomic E-state index is 12.3. The van der Waals surface area contributed by atoms with Crippen LogP contribution < -0.4 is 5.32 Å². The predicted octanol–water partition coefficient (Wildman–Crippen LogP) is 4.94. The van der Waals surface area contributed by atoms with Gasteiger partial charge in [0.15, 0.2) is 0 Å². The number of carbonyl (C=O) groups is 1. The first-order chi connectivity index (χ1) is 11.0. The topological polar surface area (TPSA) is 57.8 Å². The summed E-state index contributed by atoms with van der Waals surface area (Å²) in [6.07, 6.45) is 0. The summed E-state index contributed by atoms with van der Waals surface area (Å²) in [6, 6.07) is 14.3. The van der Waals surface area contributed by atoms with Gasteiger partial charge in [-0.25, -0.2) is 0 Å². The van der Waals surface area contributed by atoms with Gasteiger partial charge in [0, 0.05) is 16.3 Å². The minimum Gasteiger partial charge on any atom is -0.320 e. The standard InChI is InChI=1S/C17H13Cl2N3O/c1-10-6-7-11(18)8-14(10)20-17(23)16-9-15(21-22-16)12-4-2-3-5-13(12)19/h2-9H,1H3,(H,20,23)(H,21,22). The number of benzene rings is 2. The van der Waals surface area contributed by atoms with Crippen molar-refractivity contribution >= 4 is 34.8 Å². The fourth-order valence-corrected chi connectivity index (χ4v) is 2.57. The first kappa shape index (κ1) is 15.6. The van der Waals surface area contributed by atoms with Gasteiger partial charge >= 0.3 is 0 Å². The van der Waals surface area contributed by atoms with Gasteiger partial charge in [-0.05, 0) is 36.8 Å². The predicted molar refractivity (Wildman–Crippen MR) is 93.2 cm³/mol. The number of hydrogen-bond acceptors (Lipinski definition) is 2. The highest BCUT2D eigenvalue weighted by molar-refractivity contribution is 6.33. The Morgan fingerprint density at radius 1 is 1.13 bits per heavy atom. The van der Waals surface area contributed by atoms with E-state index in [0.29, 0.717) is 27.1 Å². The van der Waals surface area contributed by atoms with E-state index in [2.05, 4.69) is 15.5 Å². The molecule has 0 spiro atoms. The van der Waals surface area contributed by atoms with Crippen molar-refractivity contribution in [2.45, 2.75) is 6.92 Å². The lowest BCUT2D eigenvalue weighted by Crippen LogP contribution is -2.13. The number of carbonyl (C=O) groups excluding carboxylic acids is 1. The van der Waals surface area contributed by atoms with Gasteiger partial charge in [-0.2, -0.15) is 5.10 Å². The summed E-state index contributed by atoms with van der Waals surface area (Å²) in [5, 5.41) is 10.8. The van der Waals surface area contributed by atoms with Crippen LogP contribution in [0.4, 0.5) is 5.69 Å². The maximum atomic E-state index is 12.3. The van der Waals surface area contributed by atoms with Crippen molar-refractivity contribution < 1.29 is 4.79 Å². The molecule has 2 aromatic carbocycles. The second-order valence-electron chi connectivity index (χ2n) is 5.06. The van der Waals surface area contributed by atoms with Gasteiger partial charge in [-0.3, -0.25) is 9.89 Å². The summed E-state index contributed by atoms with van der Waals surface area (Å²) in [5.41, 5.74) is 3.32. The van der Waals surface area contributed by atoms with Gasteiger partial charge in [-0.1, -0.05) is 47.5 Å². The number of aryl methyl sites for hydroxylation is 1. The summed E-state index contributed by atoms with van der Waals surface area (Å²) in [7, 11) is 0. The normalized spacial score (nSPS) is 10.6. The molecule has 4 nitrogen and oxygen atoms in total. The molecular formula is C17H13Cl2N3O. The smallest absolute Gasteiger partial charge is 0.273 e. The van der Waals surface area contributed by atoms with Gasteiger partial charge in [0.25, 0.3) is 5.91 Å². The summed E-state index contributed by atoms with van der Waals surface area (Å²) in [4.78, 5) is 12.3. The van der Waals surface area contributed by atoms with Crippen LogP contribution in [0.25, 0.3) is 11.3 Å². The first-order valence-electron chi connectivity index (χ1n) is 6.92. The number of nitrogens with zero attached hydrogens (tertiary/aromatic N) is 1. The van der Waals surface area contributed by atoms with Crippen molar-refractivity contribution in [2.24, 2.45) is 0 Å². The SMILES string of the molecule is Cc1ccc(Cl)cc1NC(=O)c1cc(-c2ccccc2Cl)n[nH]1. The van der Waals surface area contributed by atoms with Gasteiger partial charge < -0.3 is 5.32 Å². The van der Waals surface area contributed by atoms with Crippen molar-refractivity contribution in [2.75, 3.05) is 5.32 Å². The van der Waals surface area contributed by atoms with Gasteiger partial charge in [0.05, 0.1) is 10.7 Å². The summed E-state index contributed by atoms with van der Waals surface area (Å²) in [6.45, 7) is 1.90. The van der Waals surface area contributed by atoms with E-state index in [4.69, 9.17) is 23.2 Å². The highest BCUT2D eigenvalue weighted by Gasteiger charge is 2.13. The van der Waals surface area contributed by atoms with Crippen molar-refractivity contribution in [3.8, 4) is 11.3 Å². The minimum atomic E-state index is -0.291. The Kier molecular flexibility index (Phi) is 4.37. The highest BCUT2D eigenvalue weighted by Crippen LogP contribution is 2.26. The molecule has 3 aromatic rings. The highest BCUT2D eigenvalue weighted by atomic mass is 35.5. The van der Waals surface area contributed by atoms with Crippen LogP contribution in [0.15, 0.2) is 48.5 Å². The first-order valence-corrected chi connectivity index (χ1v) is 7.68. The molecule has 6 heteroatoms. The molecular weight excluding hydrogens is 333 g/mol. The van der Waals surface area contributed by atoms with E-state index in [1.54, 1.807) is 24.3 Å². The Bertz CT molecular complexity index is 874. The third-order valence-electron chi connectivity index (χ3n) is 3.42. The van der Waals surface area contributed by atoms with Crippen LogP contribution in [0.2, 0.25) is 10.0 Å². The van der Waals surface area contributed by atoms with E-state index in [1.807, 2.05) is 31.2 Å². The molecule has 0 aliphatic heterocycles. The Labute approximate surface area is 143 Å². The second-order valence-corrected chi connectivity index (χ2v) is 5.90. The number of nitrogens with one attached hydrogen (secondary N) is 2. The third-order valence-corrected chi connectivity index (χ3v) is 3.98. The molecule has 0 aliphatic rings. The molecule has 0 saturated carbocycles.